The lowest BCUT2D eigenvalue weighted by Gasteiger charge is -2.04. The topological polar surface area (TPSA) is 26.3 Å². The van der Waals surface area contributed by atoms with E-state index in [1.165, 1.54) is 25.5 Å². The van der Waals surface area contributed by atoms with Gasteiger partial charge in [0.2, 0.25) is 0 Å². The van der Waals surface area contributed by atoms with Crippen LogP contribution in [0.3, 0.4) is 0 Å². The zero-order valence-electron chi connectivity index (χ0n) is 9.70. The van der Waals surface area contributed by atoms with Crippen LogP contribution >= 0.6 is 22.6 Å². The number of carbonyl (C=O) groups is 1. The van der Waals surface area contributed by atoms with E-state index in [2.05, 4.69) is 34.3 Å². The standard InChI is InChI=1S/C13H17IO2/c1-10(14)4-3-5-11-6-8-12(9-7-11)13(15)16-2/h6-10H,3-5H2,1-2H3. The van der Waals surface area contributed by atoms with E-state index in [-0.39, 0.29) is 5.97 Å². The van der Waals surface area contributed by atoms with Crippen LogP contribution in [0.25, 0.3) is 0 Å². The Hall–Kier alpha value is -0.580. The van der Waals surface area contributed by atoms with Gasteiger partial charge in [-0.3, -0.25) is 0 Å². The summed E-state index contributed by atoms with van der Waals surface area (Å²) in [7, 11) is 1.40. The van der Waals surface area contributed by atoms with Gasteiger partial charge in [0.25, 0.3) is 0 Å². The van der Waals surface area contributed by atoms with Crippen molar-refractivity contribution in [2.24, 2.45) is 0 Å². The van der Waals surface area contributed by atoms with Crippen molar-refractivity contribution in [1.29, 1.82) is 0 Å². The fraction of sp³-hybridized carbons (Fsp3) is 0.462. The minimum atomic E-state index is -0.271. The maximum Gasteiger partial charge on any atom is 0.337 e. The smallest absolute Gasteiger partial charge is 0.337 e. The van der Waals surface area contributed by atoms with Gasteiger partial charge < -0.3 is 4.74 Å². The highest BCUT2D eigenvalue weighted by Crippen LogP contribution is 2.12. The molecule has 0 aliphatic carbocycles. The number of methoxy groups -OCH3 is 1. The zero-order chi connectivity index (χ0) is 12.0. The van der Waals surface area contributed by atoms with Gasteiger partial charge in [0.05, 0.1) is 12.7 Å². The van der Waals surface area contributed by atoms with Crippen molar-refractivity contribution >= 4 is 28.6 Å². The summed E-state index contributed by atoms with van der Waals surface area (Å²) in [4.78, 5) is 11.2. The molecule has 1 aromatic carbocycles. The van der Waals surface area contributed by atoms with Gasteiger partial charge in [0, 0.05) is 3.92 Å². The fourth-order valence-electron chi connectivity index (χ4n) is 1.51. The van der Waals surface area contributed by atoms with Crippen molar-refractivity contribution in [3.63, 3.8) is 0 Å². The van der Waals surface area contributed by atoms with Crippen LogP contribution in [0.1, 0.15) is 35.7 Å². The second kappa shape index (κ2) is 6.89. The third kappa shape index (κ3) is 4.51. The van der Waals surface area contributed by atoms with Crippen LogP contribution < -0.4 is 0 Å². The third-order valence-corrected chi connectivity index (χ3v) is 3.07. The second-order valence-corrected chi connectivity index (χ2v) is 5.99. The summed E-state index contributed by atoms with van der Waals surface area (Å²) in [5, 5.41) is 0. The maximum atomic E-state index is 11.2. The van der Waals surface area contributed by atoms with Gasteiger partial charge in [0.15, 0.2) is 0 Å². The van der Waals surface area contributed by atoms with Gasteiger partial charge in [-0.1, -0.05) is 41.6 Å². The lowest BCUT2D eigenvalue weighted by molar-refractivity contribution is 0.0600. The Labute approximate surface area is 111 Å². The molecule has 0 saturated heterocycles. The van der Waals surface area contributed by atoms with Crippen LogP contribution in [0.15, 0.2) is 24.3 Å². The first kappa shape index (κ1) is 13.5. The Balaban J connectivity index is 2.48. The van der Waals surface area contributed by atoms with E-state index in [1.54, 1.807) is 0 Å². The molecule has 0 saturated carbocycles. The highest BCUT2D eigenvalue weighted by Gasteiger charge is 2.04. The first-order chi connectivity index (χ1) is 7.63. The van der Waals surface area contributed by atoms with E-state index in [0.717, 1.165) is 10.3 Å². The molecule has 0 spiro atoms. The molecular weight excluding hydrogens is 315 g/mol. The van der Waals surface area contributed by atoms with Crippen molar-refractivity contribution in [1.82, 2.24) is 0 Å². The number of benzene rings is 1. The third-order valence-electron chi connectivity index (χ3n) is 2.44. The van der Waals surface area contributed by atoms with E-state index in [1.807, 2.05) is 24.3 Å². The molecule has 0 N–H and O–H groups in total. The van der Waals surface area contributed by atoms with E-state index in [4.69, 9.17) is 0 Å². The van der Waals surface area contributed by atoms with Gasteiger partial charge in [-0.2, -0.15) is 0 Å². The number of alkyl halides is 1. The highest BCUT2D eigenvalue weighted by atomic mass is 127. The Kier molecular flexibility index (Phi) is 5.80. The number of rotatable bonds is 5. The fourth-order valence-corrected chi connectivity index (χ4v) is 1.95. The normalized spacial score (nSPS) is 12.2. The summed E-state index contributed by atoms with van der Waals surface area (Å²) >= 11 is 2.44. The van der Waals surface area contributed by atoms with Gasteiger partial charge in [-0.05, 0) is 37.0 Å². The van der Waals surface area contributed by atoms with E-state index in [9.17, 15) is 4.79 Å². The van der Waals surface area contributed by atoms with Crippen LogP contribution in [-0.4, -0.2) is 17.0 Å². The molecular formula is C13H17IO2. The van der Waals surface area contributed by atoms with E-state index >= 15 is 0 Å². The number of hydrogen-bond donors (Lipinski definition) is 0. The molecule has 16 heavy (non-hydrogen) atoms. The molecule has 2 nitrogen and oxygen atoms in total. The summed E-state index contributed by atoms with van der Waals surface area (Å²) in [5.41, 5.74) is 1.90. The molecule has 1 rings (SSSR count). The van der Waals surface area contributed by atoms with Crippen molar-refractivity contribution in [2.75, 3.05) is 7.11 Å². The molecule has 0 fully saturated rings. The average molecular weight is 332 g/mol. The molecule has 0 aliphatic heterocycles. The predicted molar refractivity (Wildman–Crippen MR) is 74.2 cm³/mol. The minimum Gasteiger partial charge on any atom is -0.465 e. The SMILES string of the molecule is COC(=O)c1ccc(CCCC(C)I)cc1. The Morgan fingerprint density at radius 3 is 2.50 bits per heavy atom. The highest BCUT2D eigenvalue weighted by molar-refractivity contribution is 14.1. The van der Waals surface area contributed by atoms with Crippen LogP contribution in [0.5, 0.6) is 0 Å². The molecule has 0 aromatic heterocycles. The van der Waals surface area contributed by atoms with Crippen molar-refractivity contribution in [2.45, 2.75) is 30.1 Å². The zero-order valence-corrected chi connectivity index (χ0v) is 11.9. The van der Waals surface area contributed by atoms with Crippen LogP contribution in [-0.2, 0) is 11.2 Å². The Morgan fingerprint density at radius 1 is 1.38 bits per heavy atom. The van der Waals surface area contributed by atoms with Crippen molar-refractivity contribution < 1.29 is 9.53 Å². The minimum absolute atomic E-state index is 0.271. The number of hydrogen-bond acceptors (Lipinski definition) is 2. The number of halogens is 1. The summed E-state index contributed by atoms with van der Waals surface area (Å²) in [6.07, 6.45) is 3.51. The van der Waals surface area contributed by atoms with E-state index in [0.29, 0.717) is 5.56 Å². The largest absolute Gasteiger partial charge is 0.465 e. The molecule has 1 unspecified atom stereocenters. The number of ether oxygens (including phenoxy) is 1. The second-order valence-electron chi connectivity index (χ2n) is 3.86. The first-order valence-electron chi connectivity index (χ1n) is 5.45. The molecule has 0 aliphatic rings. The molecule has 0 heterocycles. The Bertz CT molecular complexity index is 330. The summed E-state index contributed by atoms with van der Waals surface area (Å²) in [5.74, 6) is -0.271. The molecule has 0 radical (unpaired) electrons. The summed E-state index contributed by atoms with van der Waals surface area (Å²) in [6.45, 7) is 2.22. The Morgan fingerprint density at radius 2 is 2.00 bits per heavy atom. The number of esters is 1. The molecule has 0 bridgehead atoms. The van der Waals surface area contributed by atoms with Crippen molar-refractivity contribution in [3.05, 3.63) is 35.4 Å². The van der Waals surface area contributed by atoms with Gasteiger partial charge in [-0.15, -0.1) is 0 Å². The van der Waals surface area contributed by atoms with Crippen LogP contribution in [0, 0.1) is 0 Å². The van der Waals surface area contributed by atoms with Crippen LogP contribution in [0.2, 0.25) is 0 Å². The molecule has 1 aromatic rings. The molecule has 88 valence electrons. The molecule has 1 atom stereocenters. The maximum absolute atomic E-state index is 11.2. The molecule has 3 heteroatoms. The van der Waals surface area contributed by atoms with Gasteiger partial charge in [0.1, 0.15) is 0 Å². The summed E-state index contributed by atoms with van der Waals surface area (Å²) in [6, 6.07) is 7.66. The predicted octanol–water partition coefficient (Wildman–Crippen LogP) is 3.62. The molecule has 0 amide bonds. The monoisotopic (exact) mass is 332 g/mol. The van der Waals surface area contributed by atoms with Crippen LogP contribution in [0.4, 0.5) is 0 Å². The van der Waals surface area contributed by atoms with E-state index < -0.39 is 0 Å². The summed E-state index contributed by atoms with van der Waals surface area (Å²) < 4.78 is 5.38. The quantitative estimate of drug-likeness (QED) is 0.468. The number of aryl methyl sites for hydroxylation is 1. The lowest BCUT2D eigenvalue weighted by Crippen LogP contribution is -2.01. The van der Waals surface area contributed by atoms with Gasteiger partial charge >= 0.3 is 5.97 Å². The van der Waals surface area contributed by atoms with Gasteiger partial charge in [-0.25, -0.2) is 4.79 Å². The first-order valence-corrected chi connectivity index (χ1v) is 6.69. The lowest BCUT2D eigenvalue weighted by atomic mass is 10.1. The number of carbonyl (C=O) groups excluding carboxylic acids is 1. The average Bonchev–Trinajstić information content (AvgIpc) is 2.28. The van der Waals surface area contributed by atoms with Crippen molar-refractivity contribution in [3.8, 4) is 0 Å².